The first kappa shape index (κ1) is 12.6. The maximum Gasteiger partial charge on any atom is 0.331 e. The van der Waals surface area contributed by atoms with Crippen molar-refractivity contribution in [3.05, 3.63) is 64.6 Å². The van der Waals surface area contributed by atoms with Crippen LogP contribution in [0.25, 0.3) is 16.7 Å². The molecule has 0 atom stereocenters. The van der Waals surface area contributed by atoms with E-state index in [1.807, 2.05) is 12.1 Å². The van der Waals surface area contributed by atoms with Crippen molar-refractivity contribution in [1.29, 1.82) is 0 Å². The molecule has 0 saturated carbocycles. The van der Waals surface area contributed by atoms with E-state index in [-0.39, 0.29) is 11.3 Å². The highest BCUT2D eigenvalue weighted by atomic mass is 19.3. The average Bonchev–Trinajstić information content (AvgIpc) is 2.73. The molecule has 0 aliphatic rings. The molecule has 3 nitrogen and oxygen atoms in total. The van der Waals surface area contributed by atoms with Crippen molar-refractivity contribution in [3.8, 4) is 5.69 Å². The molecular formula is C15H12F2N2O. The van der Waals surface area contributed by atoms with E-state index in [1.165, 1.54) is 28.8 Å². The summed E-state index contributed by atoms with van der Waals surface area (Å²) in [5.74, 6) is -2.89. The van der Waals surface area contributed by atoms with Crippen LogP contribution in [0.4, 0.5) is 8.78 Å². The van der Waals surface area contributed by atoms with Crippen LogP contribution in [0.15, 0.2) is 53.3 Å². The highest BCUT2D eigenvalue weighted by Crippen LogP contribution is 2.27. The first-order valence-electron chi connectivity index (χ1n) is 6.15. The van der Waals surface area contributed by atoms with Crippen molar-refractivity contribution in [2.24, 2.45) is 0 Å². The number of imidazole rings is 1. The van der Waals surface area contributed by atoms with Crippen LogP contribution in [0, 0.1) is 0 Å². The Morgan fingerprint density at radius 3 is 2.35 bits per heavy atom. The molecule has 3 rings (SSSR count). The first-order valence-corrected chi connectivity index (χ1v) is 6.15. The van der Waals surface area contributed by atoms with Gasteiger partial charge >= 0.3 is 5.69 Å². The van der Waals surface area contributed by atoms with Crippen molar-refractivity contribution < 1.29 is 8.78 Å². The van der Waals surface area contributed by atoms with Crippen LogP contribution in [-0.2, 0) is 5.92 Å². The van der Waals surface area contributed by atoms with Gasteiger partial charge < -0.3 is 4.98 Å². The summed E-state index contributed by atoms with van der Waals surface area (Å²) in [6.07, 6.45) is 0. The summed E-state index contributed by atoms with van der Waals surface area (Å²) in [5.41, 5.74) is 1.62. The summed E-state index contributed by atoms with van der Waals surface area (Å²) < 4.78 is 27.8. The highest BCUT2D eigenvalue weighted by molar-refractivity contribution is 5.77. The summed E-state index contributed by atoms with van der Waals surface area (Å²) in [6.45, 7) is 0.847. The van der Waals surface area contributed by atoms with Crippen LogP contribution in [0.3, 0.4) is 0 Å². The Labute approximate surface area is 113 Å². The zero-order chi connectivity index (χ0) is 14.3. The van der Waals surface area contributed by atoms with E-state index in [1.54, 1.807) is 12.1 Å². The van der Waals surface area contributed by atoms with Crippen molar-refractivity contribution in [2.75, 3.05) is 0 Å². The molecule has 0 amide bonds. The van der Waals surface area contributed by atoms with Crippen molar-refractivity contribution in [2.45, 2.75) is 12.8 Å². The number of alkyl halides is 2. The lowest BCUT2D eigenvalue weighted by atomic mass is 10.1. The van der Waals surface area contributed by atoms with Crippen LogP contribution < -0.4 is 5.69 Å². The number of hydrogen-bond donors (Lipinski definition) is 1. The Kier molecular flexibility index (Phi) is 2.71. The lowest BCUT2D eigenvalue weighted by Crippen LogP contribution is -2.15. The normalized spacial score (nSPS) is 11.9. The molecule has 2 aromatic carbocycles. The molecule has 0 fully saturated rings. The minimum Gasteiger partial charge on any atom is -0.305 e. The second-order valence-electron chi connectivity index (χ2n) is 4.72. The smallest absolute Gasteiger partial charge is 0.305 e. The fraction of sp³-hybridized carbons (Fsp3) is 0.133. The molecular weight excluding hydrogens is 262 g/mol. The molecule has 5 heteroatoms. The predicted octanol–water partition coefficient (Wildman–Crippen LogP) is 3.43. The number of nitrogens with zero attached hydrogens (tertiary/aromatic N) is 1. The van der Waals surface area contributed by atoms with E-state index >= 15 is 0 Å². The number of nitrogens with one attached hydrogen (secondary N) is 1. The van der Waals surface area contributed by atoms with Gasteiger partial charge in [0.1, 0.15) is 0 Å². The summed E-state index contributed by atoms with van der Waals surface area (Å²) in [7, 11) is 0. The van der Waals surface area contributed by atoms with Gasteiger partial charge in [0, 0.05) is 12.5 Å². The maximum absolute atomic E-state index is 13.2. The van der Waals surface area contributed by atoms with Gasteiger partial charge in [-0.2, -0.15) is 0 Å². The van der Waals surface area contributed by atoms with E-state index in [9.17, 15) is 13.6 Å². The third-order valence-corrected chi connectivity index (χ3v) is 3.22. The molecule has 1 heterocycles. The molecule has 0 saturated heterocycles. The topological polar surface area (TPSA) is 37.8 Å². The first-order chi connectivity index (χ1) is 9.47. The summed E-state index contributed by atoms with van der Waals surface area (Å²) >= 11 is 0. The van der Waals surface area contributed by atoms with Crippen molar-refractivity contribution in [1.82, 2.24) is 9.55 Å². The van der Waals surface area contributed by atoms with Gasteiger partial charge in [-0.3, -0.25) is 4.57 Å². The number of hydrogen-bond acceptors (Lipinski definition) is 1. The third-order valence-electron chi connectivity index (χ3n) is 3.22. The van der Waals surface area contributed by atoms with Gasteiger partial charge in [0.2, 0.25) is 0 Å². The van der Waals surface area contributed by atoms with E-state index in [4.69, 9.17) is 0 Å². The molecule has 0 radical (unpaired) electrons. The Morgan fingerprint density at radius 1 is 1.05 bits per heavy atom. The van der Waals surface area contributed by atoms with Gasteiger partial charge in [-0.1, -0.05) is 24.3 Å². The van der Waals surface area contributed by atoms with Gasteiger partial charge in [0.05, 0.1) is 16.7 Å². The number of aromatic nitrogens is 2. The number of aromatic amines is 1. The van der Waals surface area contributed by atoms with Crippen LogP contribution >= 0.6 is 0 Å². The quantitative estimate of drug-likeness (QED) is 0.763. The SMILES string of the molecule is CC(F)(F)c1ccc(-n2c(=O)[nH]c3ccccc32)cc1. The Bertz CT molecular complexity index is 810. The standard InChI is InChI=1S/C15H12F2N2O/c1-15(16,17)10-6-8-11(9-7-10)19-13-5-3-2-4-12(13)18-14(19)20/h2-9H,1H3,(H,18,20). The summed E-state index contributed by atoms with van der Waals surface area (Å²) in [6, 6.07) is 13.0. The molecule has 0 aliphatic carbocycles. The van der Waals surface area contributed by atoms with Crippen LogP contribution in [-0.4, -0.2) is 9.55 Å². The number of para-hydroxylation sites is 2. The van der Waals surface area contributed by atoms with E-state index in [0.717, 1.165) is 6.92 Å². The summed E-state index contributed by atoms with van der Waals surface area (Å²) in [5, 5.41) is 0. The molecule has 0 unspecified atom stereocenters. The van der Waals surface area contributed by atoms with Crippen molar-refractivity contribution in [3.63, 3.8) is 0 Å². The molecule has 0 spiro atoms. The maximum atomic E-state index is 13.2. The minimum absolute atomic E-state index is 0.0749. The molecule has 20 heavy (non-hydrogen) atoms. The van der Waals surface area contributed by atoms with Crippen LogP contribution in [0.2, 0.25) is 0 Å². The van der Waals surface area contributed by atoms with Gasteiger partial charge in [-0.05, 0) is 24.3 Å². The largest absolute Gasteiger partial charge is 0.331 e. The average molecular weight is 274 g/mol. The predicted molar refractivity (Wildman–Crippen MR) is 73.5 cm³/mol. The fourth-order valence-corrected chi connectivity index (χ4v) is 2.21. The molecule has 0 aliphatic heterocycles. The number of halogens is 2. The molecule has 3 aromatic rings. The summed E-state index contributed by atoms with van der Waals surface area (Å²) in [4.78, 5) is 14.7. The lowest BCUT2D eigenvalue weighted by Gasteiger charge is -2.11. The number of rotatable bonds is 2. The molecule has 1 aromatic heterocycles. The van der Waals surface area contributed by atoms with Gasteiger partial charge in [0.25, 0.3) is 5.92 Å². The molecule has 102 valence electrons. The zero-order valence-electron chi connectivity index (χ0n) is 10.7. The Hall–Kier alpha value is -2.43. The number of H-pyrrole nitrogens is 1. The van der Waals surface area contributed by atoms with Gasteiger partial charge in [0.15, 0.2) is 0 Å². The van der Waals surface area contributed by atoms with Crippen LogP contribution in [0.1, 0.15) is 12.5 Å². The fourth-order valence-electron chi connectivity index (χ4n) is 2.21. The number of benzene rings is 2. The monoisotopic (exact) mass is 274 g/mol. The Balaban J connectivity index is 2.17. The van der Waals surface area contributed by atoms with E-state index in [2.05, 4.69) is 4.98 Å². The second-order valence-corrected chi connectivity index (χ2v) is 4.72. The van der Waals surface area contributed by atoms with Crippen LogP contribution in [0.5, 0.6) is 0 Å². The molecule has 0 bridgehead atoms. The van der Waals surface area contributed by atoms with Crippen molar-refractivity contribution >= 4 is 11.0 Å². The van der Waals surface area contributed by atoms with E-state index in [0.29, 0.717) is 16.7 Å². The number of fused-ring (bicyclic) bond motifs is 1. The lowest BCUT2D eigenvalue weighted by molar-refractivity contribution is 0.0175. The third kappa shape index (κ3) is 2.01. The van der Waals surface area contributed by atoms with Gasteiger partial charge in [-0.25, -0.2) is 13.6 Å². The second kappa shape index (κ2) is 4.30. The zero-order valence-corrected chi connectivity index (χ0v) is 10.7. The molecule has 1 N–H and O–H groups in total. The highest BCUT2D eigenvalue weighted by Gasteiger charge is 2.23. The Morgan fingerprint density at radius 2 is 1.70 bits per heavy atom. The minimum atomic E-state index is -2.89. The van der Waals surface area contributed by atoms with E-state index < -0.39 is 5.92 Å². The van der Waals surface area contributed by atoms with Gasteiger partial charge in [-0.15, -0.1) is 0 Å².